The minimum absolute atomic E-state index is 0.236. The van der Waals surface area contributed by atoms with Crippen molar-refractivity contribution in [1.82, 2.24) is 14.8 Å². The van der Waals surface area contributed by atoms with E-state index in [1.54, 1.807) is 35.3 Å². The Morgan fingerprint density at radius 2 is 1.85 bits per heavy atom. The largest absolute Gasteiger partial charge is 0.454 e. The Hall–Kier alpha value is -3.42. The highest BCUT2D eigenvalue weighted by Crippen LogP contribution is 2.12. The molecule has 8 heteroatoms. The van der Waals surface area contributed by atoms with E-state index in [-0.39, 0.29) is 5.56 Å². The molecule has 0 fully saturated rings. The van der Waals surface area contributed by atoms with E-state index >= 15 is 0 Å². The fourth-order valence-corrected chi connectivity index (χ4v) is 2.25. The normalized spacial score (nSPS) is 10.5. The predicted octanol–water partition coefficient (Wildman–Crippen LogP) is 2.64. The molecule has 3 rings (SSSR count). The second-order valence-corrected chi connectivity index (χ2v) is 5.41. The zero-order valence-corrected chi connectivity index (χ0v) is 13.4. The Bertz CT molecular complexity index is 925. The molecule has 0 unspecified atom stereocenters. The molecule has 0 aliphatic rings. The smallest absolute Gasteiger partial charge is 0.338 e. The highest BCUT2D eigenvalue weighted by atomic mass is 19.1. The van der Waals surface area contributed by atoms with E-state index in [0.717, 1.165) is 23.8 Å². The fraction of sp³-hybridized carbons (Fsp3) is 0.111. The van der Waals surface area contributed by atoms with Crippen molar-refractivity contribution in [2.75, 3.05) is 6.61 Å². The van der Waals surface area contributed by atoms with E-state index in [4.69, 9.17) is 4.74 Å². The summed E-state index contributed by atoms with van der Waals surface area (Å²) in [4.78, 5) is 27.7. The van der Waals surface area contributed by atoms with Gasteiger partial charge < -0.3 is 4.74 Å². The van der Waals surface area contributed by atoms with E-state index in [0.29, 0.717) is 6.54 Å². The lowest BCUT2D eigenvalue weighted by Crippen LogP contribution is -2.15. The third-order valence-corrected chi connectivity index (χ3v) is 3.56. The quantitative estimate of drug-likeness (QED) is 0.501. The number of esters is 1. The predicted molar refractivity (Wildman–Crippen MR) is 86.5 cm³/mol. The van der Waals surface area contributed by atoms with Gasteiger partial charge in [-0.2, -0.15) is 5.10 Å². The van der Waals surface area contributed by atoms with Crippen molar-refractivity contribution >= 4 is 11.8 Å². The van der Waals surface area contributed by atoms with E-state index in [2.05, 4.69) is 10.1 Å². The molecule has 0 atom stereocenters. The van der Waals surface area contributed by atoms with Gasteiger partial charge in [0.05, 0.1) is 17.7 Å². The maximum atomic E-state index is 13.5. The summed E-state index contributed by atoms with van der Waals surface area (Å²) in [6.07, 6.45) is 2.99. The van der Waals surface area contributed by atoms with Crippen molar-refractivity contribution in [3.05, 3.63) is 83.4 Å². The van der Waals surface area contributed by atoms with E-state index in [1.165, 1.54) is 6.33 Å². The van der Waals surface area contributed by atoms with Crippen molar-refractivity contribution < 1.29 is 23.1 Å². The minimum atomic E-state index is -0.870. The number of nitrogens with zero attached hydrogens (tertiary/aromatic N) is 3. The van der Waals surface area contributed by atoms with Crippen LogP contribution < -0.4 is 0 Å². The van der Waals surface area contributed by atoms with Crippen molar-refractivity contribution in [2.45, 2.75) is 6.54 Å². The Morgan fingerprint density at radius 1 is 1.08 bits per heavy atom. The van der Waals surface area contributed by atoms with Gasteiger partial charge in [-0.15, -0.1) is 0 Å². The maximum Gasteiger partial charge on any atom is 0.338 e. The molecule has 1 aromatic heterocycles. The third-order valence-electron chi connectivity index (χ3n) is 3.56. The number of hydrogen-bond acceptors (Lipinski definition) is 5. The SMILES string of the molecule is O=C(OCC(=O)c1cc(F)ccc1F)c1ccc(Cn2cncn2)cc1. The monoisotopic (exact) mass is 357 g/mol. The van der Waals surface area contributed by atoms with Crippen LogP contribution in [0.2, 0.25) is 0 Å². The van der Waals surface area contributed by atoms with E-state index in [9.17, 15) is 18.4 Å². The van der Waals surface area contributed by atoms with Crippen molar-refractivity contribution in [3.8, 4) is 0 Å². The molecule has 0 saturated carbocycles. The number of carbonyl (C=O) groups excluding carboxylic acids is 2. The topological polar surface area (TPSA) is 74.1 Å². The maximum absolute atomic E-state index is 13.5. The van der Waals surface area contributed by atoms with Gasteiger partial charge >= 0.3 is 5.97 Å². The zero-order chi connectivity index (χ0) is 18.5. The molecule has 0 N–H and O–H groups in total. The molecule has 6 nitrogen and oxygen atoms in total. The molecular weight excluding hydrogens is 344 g/mol. The number of ketones is 1. The molecular formula is C18H13F2N3O3. The van der Waals surface area contributed by atoms with Crippen molar-refractivity contribution in [2.24, 2.45) is 0 Å². The summed E-state index contributed by atoms with van der Waals surface area (Å²) in [5.74, 6) is -3.17. The number of Topliss-reactive ketones (excluding diaryl/α,β-unsaturated/α-hetero) is 1. The zero-order valence-electron chi connectivity index (χ0n) is 13.4. The molecule has 0 aliphatic heterocycles. The molecule has 2 aromatic carbocycles. The number of hydrogen-bond donors (Lipinski definition) is 0. The van der Waals surface area contributed by atoms with E-state index in [1.807, 2.05) is 0 Å². The van der Waals surface area contributed by atoms with Gasteiger partial charge in [-0.25, -0.2) is 23.2 Å². The first-order valence-electron chi connectivity index (χ1n) is 7.59. The molecule has 0 spiro atoms. The lowest BCUT2D eigenvalue weighted by atomic mass is 10.1. The van der Waals surface area contributed by atoms with Gasteiger partial charge in [0.1, 0.15) is 24.3 Å². The Kier molecular flexibility index (Phi) is 5.12. The van der Waals surface area contributed by atoms with Crippen LogP contribution in [-0.4, -0.2) is 33.1 Å². The summed E-state index contributed by atoms with van der Waals surface area (Å²) < 4.78 is 33.1. The first kappa shape index (κ1) is 17.4. The highest BCUT2D eigenvalue weighted by Gasteiger charge is 2.16. The molecule has 132 valence electrons. The average Bonchev–Trinajstić information content (AvgIpc) is 3.15. The van der Waals surface area contributed by atoms with Crippen molar-refractivity contribution in [3.63, 3.8) is 0 Å². The van der Waals surface area contributed by atoms with Crippen molar-refractivity contribution in [1.29, 1.82) is 0 Å². The average molecular weight is 357 g/mol. The molecule has 26 heavy (non-hydrogen) atoms. The van der Waals surface area contributed by atoms with Gasteiger partial charge in [0.15, 0.2) is 6.61 Å². The van der Waals surface area contributed by atoms with Crippen LogP contribution in [0.5, 0.6) is 0 Å². The van der Waals surface area contributed by atoms with Gasteiger partial charge in [-0.05, 0) is 35.9 Å². The summed E-state index contributed by atoms with van der Waals surface area (Å²) in [7, 11) is 0. The van der Waals surface area contributed by atoms with E-state index < -0.39 is 35.6 Å². The molecule has 0 aliphatic carbocycles. The van der Waals surface area contributed by atoms with Crippen LogP contribution >= 0.6 is 0 Å². The number of benzene rings is 2. The van der Waals surface area contributed by atoms with Crippen LogP contribution in [0.15, 0.2) is 55.1 Å². The Morgan fingerprint density at radius 3 is 2.54 bits per heavy atom. The molecule has 0 saturated heterocycles. The van der Waals surface area contributed by atoms with Crippen LogP contribution in [0.25, 0.3) is 0 Å². The molecule has 0 radical (unpaired) electrons. The summed E-state index contributed by atoms with van der Waals surface area (Å²) in [5.41, 5.74) is 0.672. The summed E-state index contributed by atoms with van der Waals surface area (Å²) in [5, 5.41) is 3.98. The van der Waals surface area contributed by atoms with Crippen LogP contribution in [-0.2, 0) is 11.3 Å². The number of ether oxygens (including phenoxy) is 1. The lowest BCUT2D eigenvalue weighted by molar-refractivity contribution is 0.0473. The number of halogens is 2. The first-order valence-corrected chi connectivity index (χ1v) is 7.59. The molecule has 0 bridgehead atoms. The van der Waals surface area contributed by atoms with Crippen LogP contribution in [0.1, 0.15) is 26.3 Å². The summed E-state index contributed by atoms with van der Waals surface area (Å²) >= 11 is 0. The number of aromatic nitrogens is 3. The number of carbonyl (C=O) groups is 2. The van der Waals surface area contributed by atoms with Gasteiger partial charge in [-0.3, -0.25) is 4.79 Å². The Labute approximate surface area is 147 Å². The van der Waals surface area contributed by atoms with Crippen LogP contribution in [0.4, 0.5) is 8.78 Å². The second-order valence-electron chi connectivity index (χ2n) is 5.41. The molecule has 1 heterocycles. The molecule has 3 aromatic rings. The third kappa shape index (κ3) is 4.15. The first-order chi connectivity index (χ1) is 12.5. The van der Waals surface area contributed by atoms with Gasteiger partial charge in [-0.1, -0.05) is 12.1 Å². The van der Waals surface area contributed by atoms with Gasteiger partial charge in [0.25, 0.3) is 0 Å². The lowest BCUT2D eigenvalue weighted by Gasteiger charge is -2.06. The van der Waals surface area contributed by atoms with Crippen LogP contribution in [0.3, 0.4) is 0 Å². The fourth-order valence-electron chi connectivity index (χ4n) is 2.25. The minimum Gasteiger partial charge on any atom is -0.454 e. The Balaban J connectivity index is 1.59. The summed E-state index contributed by atoms with van der Waals surface area (Å²) in [6, 6.07) is 9.03. The summed E-state index contributed by atoms with van der Waals surface area (Å²) in [6.45, 7) is -0.188. The number of rotatable bonds is 6. The van der Waals surface area contributed by atoms with Gasteiger partial charge in [0, 0.05) is 0 Å². The van der Waals surface area contributed by atoms with Crippen LogP contribution in [0, 0.1) is 11.6 Å². The highest BCUT2D eigenvalue weighted by molar-refractivity contribution is 5.99. The molecule has 0 amide bonds. The standard InChI is InChI=1S/C18H13F2N3O3/c19-14-5-6-16(20)15(7-14)17(24)9-26-18(25)13-3-1-12(2-4-13)8-23-11-21-10-22-23/h1-7,10-11H,8-9H2. The second kappa shape index (κ2) is 7.64. The van der Waals surface area contributed by atoms with Gasteiger partial charge in [0.2, 0.25) is 5.78 Å².